The van der Waals surface area contributed by atoms with Crippen molar-refractivity contribution in [2.45, 2.75) is 33.6 Å². The largest absolute Gasteiger partial charge is 0.726 e. The Morgan fingerprint density at radius 3 is 2.31 bits per heavy atom. The second kappa shape index (κ2) is 8.00. The number of nitrogens with one attached hydrogen (secondary N) is 1. The topological polar surface area (TPSA) is 70.9 Å². The number of quaternary nitrogens is 1. The van der Waals surface area contributed by atoms with Crippen molar-refractivity contribution in [2.75, 3.05) is 26.2 Å². The average Bonchev–Trinajstić information content (AvgIpc) is 2.17. The molecule has 0 amide bonds. The van der Waals surface area contributed by atoms with Crippen molar-refractivity contribution in [1.29, 1.82) is 0 Å². The van der Waals surface area contributed by atoms with Crippen molar-refractivity contribution >= 4 is 10.4 Å². The minimum atomic E-state index is -4.42. The number of rotatable bonds is 3. The SMILES string of the molecule is CCOS(=O)(=O)[O-].CC[NH+]1CCCC(C)C1. The summed E-state index contributed by atoms with van der Waals surface area (Å²) in [5, 5.41) is 0. The summed E-state index contributed by atoms with van der Waals surface area (Å²) >= 11 is 0. The van der Waals surface area contributed by atoms with Crippen LogP contribution in [-0.4, -0.2) is 39.2 Å². The van der Waals surface area contributed by atoms with E-state index in [2.05, 4.69) is 18.0 Å². The average molecular weight is 253 g/mol. The molecule has 1 saturated heterocycles. The molecule has 16 heavy (non-hydrogen) atoms. The summed E-state index contributed by atoms with van der Waals surface area (Å²) in [7, 11) is -4.42. The van der Waals surface area contributed by atoms with Crippen molar-refractivity contribution < 1.29 is 22.1 Å². The second-order valence-corrected chi connectivity index (χ2v) is 5.17. The Labute approximate surface area is 98.7 Å². The third kappa shape index (κ3) is 9.08. The van der Waals surface area contributed by atoms with Crippen LogP contribution in [0.2, 0.25) is 0 Å². The minimum Gasteiger partial charge on any atom is -0.726 e. The quantitative estimate of drug-likeness (QED) is 0.559. The molecule has 0 aromatic carbocycles. The minimum absolute atomic E-state index is 0.0914. The van der Waals surface area contributed by atoms with E-state index in [-0.39, 0.29) is 6.61 Å². The molecule has 1 aliphatic rings. The highest BCUT2D eigenvalue weighted by Gasteiger charge is 2.16. The Morgan fingerprint density at radius 1 is 1.44 bits per heavy atom. The lowest BCUT2D eigenvalue weighted by Gasteiger charge is -2.26. The molecule has 1 rings (SSSR count). The zero-order valence-electron chi connectivity index (χ0n) is 10.4. The fourth-order valence-electron chi connectivity index (χ4n) is 1.86. The van der Waals surface area contributed by atoms with E-state index in [1.165, 1.54) is 39.4 Å². The molecular formula is C10H23NO4S. The van der Waals surface area contributed by atoms with Gasteiger partial charge in [0.2, 0.25) is 10.4 Å². The Kier molecular flexibility index (Phi) is 7.91. The highest BCUT2D eigenvalue weighted by molar-refractivity contribution is 7.80. The van der Waals surface area contributed by atoms with Crippen LogP contribution < -0.4 is 4.90 Å². The van der Waals surface area contributed by atoms with Crippen LogP contribution in [0.15, 0.2) is 0 Å². The van der Waals surface area contributed by atoms with Crippen LogP contribution in [0.25, 0.3) is 0 Å². The van der Waals surface area contributed by atoms with Gasteiger partial charge in [-0.15, -0.1) is 0 Å². The molecule has 2 unspecified atom stereocenters. The molecule has 0 aromatic heterocycles. The summed E-state index contributed by atoms with van der Waals surface area (Å²) in [5.41, 5.74) is 0. The van der Waals surface area contributed by atoms with Gasteiger partial charge >= 0.3 is 0 Å². The summed E-state index contributed by atoms with van der Waals surface area (Å²) < 4.78 is 32.0. The molecule has 6 heteroatoms. The van der Waals surface area contributed by atoms with E-state index in [1.807, 2.05) is 0 Å². The molecule has 1 fully saturated rings. The van der Waals surface area contributed by atoms with E-state index in [1.54, 1.807) is 4.90 Å². The van der Waals surface area contributed by atoms with E-state index in [0.717, 1.165) is 5.92 Å². The molecular weight excluding hydrogens is 230 g/mol. The van der Waals surface area contributed by atoms with Gasteiger partial charge in [-0.25, -0.2) is 8.42 Å². The zero-order valence-corrected chi connectivity index (χ0v) is 11.2. The van der Waals surface area contributed by atoms with Crippen molar-refractivity contribution in [3.05, 3.63) is 0 Å². The first-order valence-corrected chi connectivity index (χ1v) is 7.16. The Balaban J connectivity index is 0.000000293. The van der Waals surface area contributed by atoms with Crippen LogP contribution in [0.5, 0.6) is 0 Å². The molecule has 0 bridgehead atoms. The van der Waals surface area contributed by atoms with Gasteiger partial charge in [-0.3, -0.25) is 4.18 Å². The van der Waals surface area contributed by atoms with E-state index in [9.17, 15) is 13.0 Å². The van der Waals surface area contributed by atoms with Crippen molar-refractivity contribution in [1.82, 2.24) is 0 Å². The van der Waals surface area contributed by atoms with Crippen LogP contribution in [0, 0.1) is 5.92 Å². The van der Waals surface area contributed by atoms with Gasteiger partial charge in [0.25, 0.3) is 0 Å². The third-order valence-electron chi connectivity index (χ3n) is 2.63. The molecule has 0 saturated carbocycles. The highest BCUT2D eigenvalue weighted by Crippen LogP contribution is 2.04. The lowest BCUT2D eigenvalue weighted by molar-refractivity contribution is -0.906. The molecule has 1 aliphatic heterocycles. The maximum absolute atomic E-state index is 9.45. The van der Waals surface area contributed by atoms with Gasteiger partial charge < -0.3 is 9.45 Å². The fourth-order valence-corrected chi connectivity index (χ4v) is 2.15. The van der Waals surface area contributed by atoms with Crippen LogP contribution in [0.1, 0.15) is 33.6 Å². The predicted octanol–water partition coefficient (Wildman–Crippen LogP) is -0.196. The lowest BCUT2D eigenvalue weighted by Crippen LogP contribution is -3.13. The van der Waals surface area contributed by atoms with E-state index in [4.69, 9.17) is 0 Å². The van der Waals surface area contributed by atoms with Gasteiger partial charge in [0.1, 0.15) is 0 Å². The second-order valence-electron chi connectivity index (χ2n) is 4.12. The lowest BCUT2D eigenvalue weighted by atomic mass is 10.0. The Hall–Kier alpha value is -0.170. The van der Waals surface area contributed by atoms with Crippen molar-refractivity contribution in [3.8, 4) is 0 Å². The van der Waals surface area contributed by atoms with Crippen LogP contribution in [0.3, 0.4) is 0 Å². The van der Waals surface area contributed by atoms with Crippen LogP contribution in [-0.2, 0) is 14.6 Å². The first-order valence-electron chi connectivity index (χ1n) is 5.82. The number of hydrogen-bond acceptors (Lipinski definition) is 4. The molecule has 1 heterocycles. The first-order chi connectivity index (χ1) is 7.39. The first kappa shape index (κ1) is 15.8. The maximum atomic E-state index is 9.45. The maximum Gasteiger partial charge on any atom is 0.217 e. The Morgan fingerprint density at radius 2 is 2.06 bits per heavy atom. The monoisotopic (exact) mass is 253 g/mol. The van der Waals surface area contributed by atoms with Crippen molar-refractivity contribution in [2.24, 2.45) is 5.92 Å². The molecule has 0 aromatic rings. The van der Waals surface area contributed by atoms with Gasteiger partial charge in [0, 0.05) is 5.92 Å². The van der Waals surface area contributed by atoms with Gasteiger partial charge in [-0.05, 0) is 26.7 Å². The summed E-state index contributed by atoms with van der Waals surface area (Å²) in [4.78, 5) is 1.80. The molecule has 2 atom stereocenters. The van der Waals surface area contributed by atoms with E-state index in [0.29, 0.717) is 0 Å². The summed E-state index contributed by atoms with van der Waals surface area (Å²) in [6, 6.07) is 0. The van der Waals surface area contributed by atoms with Crippen LogP contribution in [0.4, 0.5) is 0 Å². The highest BCUT2D eigenvalue weighted by atomic mass is 32.3. The van der Waals surface area contributed by atoms with Gasteiger partial charge in [0.15, 0.2) is 0 Å². The molecule has 98 valence electrons. The van der Waals surface area contributed by atoms with Gasteiger partial charge in [0.05, 0.1) is 26.2 Å². The zero-order chi connectivity index (χ0) is 12.6. The molecule has 1 N–H and O–H groups in total. The van der Waals surface area contributed by atoms with Crippen LogP contribution >= 0.6 is 0 Å². The van der Waals surface area contributed by atoms with E-state index >= 15 is 0 Å². The van der Waals surface area contributed by atoms with Crippen molar-refractivity contribution in [3.63, 3.8) is 0 Å². The molecule has 0 spiro atoms. The van der Waals surface area contributed by atoms with Gasteiger partial charge in [-0.2, -0.15) is 0 Å². The smallest absolute Gasteiger partial charge is 0.217 e. The summed E-state index contributed by atoms with van der Waals surface area (Å²) in [6.07, 6.45) is 2.91. The van der Waals surface area contributed by atoms with E-state index < -0.39 is 10.4 Å². The third-order valence-corrected chi connectivity index (χ3v) is 3.15. The number of hydrogen-bond donors (Lipinski definition) is 1. The fraction of sp³-hybridized carbons (Fsp3) is 1.00. The summed E-state index contributed by atoms with van der Waals surface area (Å²) in [5.74, 6) is 0.980. The normalized spacial score (nSPS) is 25.8. The summed E-state index contributed by atoms with van der Waals surface area (Å²) in [6.45, 7) is 10.1. The molecule has 0 aliphatic carbocycles. The Bertz CT molecular complexity index is 266. The number of piperidine rings is 1. The van der Waals surface area contributed by atoms with Gasteiger partial charge in [-0.1, -0.05) is 6.92 Å². The number of likely N-dealkylation sites (tertiary alicyclic amines) is 1. The standard InChI is InChI=1S/C8H17N.C2H6O4S/c1-3-9-6-4-5-8(2)7-9;1-2-6-7(3,4)5/h8H,3-7H2,1-2H3;2H2,1H3,(H,3,4,5). The molecule has 0 radical (unpaired) electrons. The molecule has 5 nitrogen and oxygen atoms in total. The predicted molar refractivity (Wildman–Crippen MR) is 61.0 cm³/mol.